The monoisotopic (exact) mass is 161 g/mol. The molecule has 0 saturated carbocycles. The van der Waals surface area contributed by atoms with E-state index in [0.717, 1.165) is 10.6 Å². The Morgan fingerprint density at radius 1 is 1.18 bits per heavy atom. The third kappa shape index (κ3) is 1.28. The molecule has 2 nitrogen and oxygen atoms in total. The zero-order valence-corrected chi connectivity index (χ0v) is 6.51. The van der Waals surface area contributed by atoms with Gasteiger partial charge in [-0.05, 0) is 0 Å². The second-order valence-corrected chi connectivity index (χ2v) is 2.84. The molecule has 0 aliphatic rings. The van der Waals surface area contributed by atoms with Crippen molar-refractivity contribution >= 4 is 11.3 Å². The molecule has 3 heteroatoms. The molecule has 11 heavy (non-hydrogen) atoms. The Balaban J connectivity index is 2.46. The average molecular weight is 161 g/mol. The van der Waals surface area contributed by atoms with E-state index in [0.29, 0.717) is 0 Å². The topological polar surface area (TPSA) is 25.8 Å². The zero-order valence-electron chi connectivity index (χ0n) is 5.69. The fourth-order valence-electron chi connectivity index (χ4n) is 0.847. The van der Waals surface area contributed by atoms with Gasteiger partial charge in [-0.2, -0.15) is 0 Å². The lowest BCUT2D eigenvalue weighted by Crippen LogP contribution is -1.73. The Labute approximate surface area is 68.5 Å². The smallest absolute Gasteiger partial charge is 0.138 e. The van der Waals surface area contributed by atoms with Crippen LogP contribution in [-0.4, -0.2) is 10.2 Å². The van der Waals surface area contributed by atoms with Crippen LogP contribution in [0.4, 0.5) is 0 Å². The van der Waals surface area contributed by atoms with Crippen LogP contribution in [0.1, 0.15) is 0 Å². The van der Waals surface area contributed by atoms with Gasteiger partial charge in [-0.25, -0.2) is 0 Å². The molecule has 0 bridgehead atoms. The van der Waals surface area contributed by atoms with Gasteiger partial charge in [-0.1, -0.05) is 41.7 Å². The van der Waals surface area contributed by atoms with Crippen LogP contribution in [0.2, 0.25) is 0 Å². The van der Waals surface area contributed by atoms with Gasteiger partial charge in [0.2, 0.25) is 0 Å². The van der Waals surface area contributed by atoms with Crippen LogP contribution in [-0.2, 0) is 0 Å². The SMILES string of the molecule is [c]1nnc(-c2ccccc2)s1. The minimum atomic E-state index is 0.922. The van der Waals surface area contributed by atoms with Crippen LogP contribution in [0.5, 0.6) is 0 Å². The largest absolute Gasteiger partial charge is 0.178 e. The van der Waals surface area contributed by atoms with Crippen molar-refractivity contribution in [1.29, 1.82) is 0 Å². The van der Waals surface area contributed by atoms with Gasteiger partial charge in [0, 0.05) is 5.56 Å². The maximum atomic E-state index is 3.90. The first-order chi connectivity index (χ1) is 5.47. The molecule has 0 saturated heterocycles. The predicted molar refractivity (Wildman–Crippen MR) is 44.2 cm³/mol. The molecular formula is C8H5N2S. The molecule has 0 atom stereocenters. The molecular weight excluding hydrogens is 156 g/mol. The van der Waals surface area contributed by atoms with Gasteiger partial charge in [-0.3, -0.25) is 0 Å². The Morgan fingerprint density at radius 2 is 2.00 bits per heavy atom. The van der Waals surface area contributed by atoms with E-state index >= 15 is 0 Å². The van der Waals surface area contributed by atoms with E-state index < -0.39 is 0 Å². The number of nitrogens with zero attached hydrogens (tertiary/aromatic N) is 2. The number of rotatable bonds is 1. The summed E-state index contributed by atoms with van der Waals surface area (Å²) in [7, 11) is 0. The van der Waals surface area contributed by atoms with Gasteiger partial charge in [0.15, 0.2) is 5.51 Å². The van der Waals surface area contributed by atoms with Crippen molar-refractivity contribution in [1.82, 2.24) is 10.2 Å². The maximum absolute atomic E-state index is 3.90. The third-order valence-corrected chi connectivity index (χ3v) is 2.03. The molecule has 0 fully saturated rings. The Bertz CT molecular complexity index is 315. The van der Waals surface area contributed by atoms with Crippen LogP contribution in [0, 0.1) is 5.51 Å². The Hall–Kier alpha value is -1.22. The van der Waals surface area contributed by atoms with Gasteiger partial charge >= 0.3 is 0 Å². The molecule has 1 aromatic carbocycles. The standard InChI is InChI=1S/C8H5N2S/c1-2-4-7(5-3-1)8-10-9-6-11-8/h1-5H. The molecule has 0 aliphatic carbocycles. The molecule has 1 radical (unpaired) electrons. The second kappa shape index (κ2) is 2.80. The van der Waals surface area contributed by atoms with Crippen molar-refractivity contribution in [2.24, 2.45) is 0 Å². The number of hydrogen-bond acceptors (Lipinski definition) is 3. The van der Waals surface area contributed by atoms with Crippen molar-refractivity contribution in [3.8, 4) is 10.6 Å². The van der Waals surface area contributed by atoms with Crippen molar-refractivity contribution in [2.45, 2.75) is 0 Å². The molecule has 0 spiro atoms. The van der Waals surface area contributed by atoms with Gasteiger partial charge in [0.05, 0.1) is 0 Å². The Kier molecular flexibility index (Phi) is 1.65. The zero-order chi connectivity index (χ0) is 7.52. The quantitative estimate of drug-likeness (QED) is 0.639. The first-order valence-electron chi connectivity index (χ1n) is 3.22. The van der Waals surface area contributed by atoms with E-state index in [4.69, 9.17) is 0 Å². The number of aromatic nitrogens is 2. The van der Waals surface area contributed by atoms with Crippen LogP contribution in [0.15, 0.2) is 30.3 Å². The van der Waals surface area contributed by atoms with Gasteiger partial charge in [0.25, 0.3) is 0 Å². The average Bonchev–Trinajstić information content (AvgIpc) is 2.58. The fourth-order valence-corrected chi connectivity index (χ4v) is 1.35. The van der Waals surface area contributed by atoms with E-state index in [1.54, 1.807) is 0 Å². The normalized spacial score (nSPS) is 9.82. The van der Waals surface area contributed by atoms with Gasteiger partial charge < -0.3 is 0 Å². The van der Waals surface area contributed by atoms with Crippen LogP contribution in [0.3, 0.4) is 0 Å². The van der Waals surface area contributed by atoms with E-state index in [-0.39, 0.29) is 0 Å². The van der Waals surface area contributed by atoms with Crippen molar-refractivity contribution in [2.75, 3.05) is 0 Å². The van der Waals surface area contributed by atoms with Crippen molar-refractivity contribution in [3.05, 3.63) is 35.8 Å². The molecule has 53 valence electrons. The van der Waals surface area contributed by atoms with Crippen molar-refractivity contribution in [3.63, 3.8) is 0 Å². The minimum Gasteiger partial charge on any atom is -0.138 e. The van der Waals surface area contributed by atoms with Crippen LogP contribution >= 0.6 is 11.3 Å². The predicted octanol–water partition coefficient (Wildman–Crippen LogP) is 2.01. The van der Waals surface area contributed by atoms with Gasteiger partial charge in [-0.15, -0.1) is 10.2 Å². The number of benzene rings is 1. The molecule has 0 unspecified atom stereocenters. The highest BCUT2D eigenvalue weighted by atomic mass is 32.1. The maximum Gasteiger partial charge on any atom is 0.178 e. The summed E-state index contributed by atoms with van der Waals surface area (Å²) in [5, 5.41) is 8.46. The summed E-state index contributed by atoms with van der Waals surface area (Å²) in [6.45, 7) is 0. The lowest BCUT2D eigenvalue weighted by Gasteiger charge is -1.90. The minimum absolute atomic E-state index is 0.922. The molecule has 1 heterocycles. The highest BCUT2D eigenvalue weighted by molar-refractivity contribution is 7.12. The molecule has 1 aromatic heterocycles. The first-order valence-corrected chi connectivity index (χ1v) is 4.03. The van der Waals surface area contributed by atoms with E-state index in [2.05, 4.69) is 15.7 Å². The summed E-state index contributed by atoms with van der Waals surface area (Å²) in [6.07, 6.45) is 0. The molecule has 0 N–H and O–H groups in total. The highest BCUT2D eigenvalue weighted by Gasteiger charge is 1.97. The summed E-state index contributed by atoms with van der Waals surface area (Å²) in [5.41, 5.74) is 3.81. The summed E-state index contributed by atoms with van der Waals surface area (Å²) < 4.78 is 0. The lowest BCUT2D eigenvalue weighted by molar-refractivity contribution is 1.09. The molecule has 0 amide bonds. The lowest BCUT2D eigenvalue weighted by atomic mass is 10.2. The summed E-state index contributed by atoms with van der Waals surface area (Å²) in [4.78, 5) is 0. The number of hydrogen-bond donors (Lipinski definition) is 0. The highest BCUT2D eigenvalue weighted by Crippen LogP contribution is 2.18. The third-order valence-electron chi connectivity index (χ3n) is 1.34. The second-order valence-electron chi connectivity index (χ2n) is 2.06. The van der Waals surface area contributed by atoms with Crippen molar-refractivity contribution < 1.29 is 0 Å². The van der Waals surface area contributed by atoms with Crippen LogP contribution < -0.4 is 0 Å². The van der Waals surface area contributed by atoms with E-state index in [9.17, 15) is 0 Å². The van der Waals surface area contributed by atoms with E-state index in [1.165, 1.54) is 11.3 Å². The first kappa shape index (κ1) is 6.49. The molecule has 0 aliphatic heterocycles. The fraction of sp³-hybridized carbons (Fsp3) is 0. The molecule has 2 aromatic rings. The van der Waals surface area contributed by atoms with E-state index in [1.807, 2.05) is 30.3 Å². The molecule has 2 rings (SSSR count). The Morgan fingerprint density at radius 3 is 2.64 bits per heavy atom. The van der Waals surface area contributed by atoms with Gasteiger partial charge in [0.1, 0.15) is 5.01 Å². The summed E-state index contributed by atoms with van der Waals surface area (Å²) in [5.74, 6) is 0. The summed E-state index contributed by atoms with van der Waals surface area (Å²) >= 11 is 1.43. The summed E-state index contributed by atoms with van der Waals surface area (Å²) in [6, 6.07) is 9.96. The van der Waals surface area contributed by atoms with Crippen LogP contribution in [0.25, 0.3) is 10.6 Å².